The number of aryl methyl sites for hydroxylation is 1. The van der Waals surface area contributed by atoms with Crippen molar-refractivity contribution in [1.29, 1.82) is 0 Å². The van der Waals surface area contributed by atoms with Gasteiger partial charge in [-0.1, -0.05) is 17.7 Å². The normalized spacial score (nSPS) is 12.2. The summed E-state index contributed by atoms with van der Waals surface area (Å²) < 4.78 is 15.8. The monoisotopic (exact) mass is 252 g/mol. The Kier molecular flexibility index (Phi) is 6.39. The van der Waals surface area contributed by atoms with E-state index in [2.05, 4.69) is 0 Å². The molecule has 100 valence electrons. The molecule has 1 aromatic rings. The van der Waals surface area contributed by atoms with Gasteiger partial charge in [0.05, 0.1) is 5.56 Å². The van der Waals surface area contributed by atoms with Crippen LogP contribution in [-0.4, -0.2) is 32.1 Å². The number of hydrogen-bond acceptors (Lipinski definition) is 4. The molecule has 0 aliphatic carbocycles. The van der Waals surface area contributed by atoms with Crippen LogP contribution in [0.25, 0.3) is 0 Å². The molecular formula is C14H20O4. The van der Waals surface area contributed by atoms with E-state index < -0.39 is 12.3 Å². The molecule has 18 heavy (non-hydrogen) atoms. The lowest BCUT2D eigenvalue weighted by molar-refractivity contribution is -0.139. The lowest BCUT2D eigenvalue weighted by atomic mass is 10.1. The Hall–Kier alpha value is -1.39. The Labute approximate surface area is 108 Å². The first kappa shape index (κ1) is 14.7. The lowest BCUT2D eigenvalue weighted by Gasteiger charge is -2.17. The smallest absolute Gasteiger partial charge is 0.340 e. The Morgan fingerprint density at radius 1 is 1.28 bits per heavy atom. The number of benzene rings is 1. The summed E-state index contributed by atoms with van der Waals surface area (Å²) in [6.45, 7) is 6.94. The van der Waals surface area contributed by atoms with Gasteiger partial charge in [-0.25, -0.2) is 4.79 Å². The second-order valence-electron chi connectivity index (χ2n) is 3.82. The largest absolute Gasteiger partial charge is 0.430 e. The molecule has 0 aliphatic heterocycles. The average Bonchev–Trinajstić information content (AvgIpc) is 2.36. The topological polar surface area (TPSA) is 44.8 Å². The maximum absolute atomic E-state index is 11.9. The molecule has 0 amide bonds. The second-order valence-corrected chi connectivity index (χ2v) is 3.82. The van der Waals surface area contributed by atoms with Crippen LogP contribution in [-0.2, 0) is 14.2 Å². The molecule has 0 heterocycles. The van der Waals surface area contributed by atoms with E-state index in [9.17, 15) is 4.79 Å². The van der Waals surface area contributed by atoms with Gasteiger partial charge in [0, 0.05) is 13.2 Å². The van der Waals surface area contributed by atoms with E-state index in [0.717, 1.165) is 5.56 Å². The van der Waals surface area contributed by atoms with Crippen molar-refractivity contribution in [2.45, 2.75) is 27.1 Å². The standard InChI is InChI=1S/C14H20O4/c1-4-16-10-13(17-5-2)18-14(15)12-8-6-7-11(3)9-12/h6-9,13H,4-5,10H2,1-3H3. The molecule has 1 rings (SSSR count). The molecule has 1 atom stereocenters. The minimum atomic E-state index is -0.650. The van der Waals surface area contributed by atoms with Gasteiger partial charge in [-0.05, 0) is 32.9 Å². The van der Waals surface area contributed by atoms with Gasteiger partial charge in [0.2, 0.25) is 6.29 Å². The highest BCUT2D eigenvalue weighted by Gasteiger charge is 2.16. The lowest BCUT2D eigenvalue weighted by Crippen LogP contribution is -2.26. The number of carbonyl (C=O) groups is 1. The molecule has 4 nitrogen and oxygen atoms in total. The molecule has 4 heteroatoms. The number of ether oxygens (including phenoxy) is 3. The molecule has 0 aromatic heterocycles. The van der Waals surface area contributed by atoms with Crippen molar-refractivity contribution in [3.8, 4) is 0 Å². The van der Waals surface area contributed by atoms with Gasteiger partial charge in [-0.2, -0.15) is 0 Å². The second kappa shape index (κ2) is 7.84. The van der Waals surface area contributed by atoms with Crippen LogP contribution in [0.3, 0.4) is 0 Å². The van der Waals surface area contributed by atoms with Crippen LogP contribution in [0.1, 0.15) is 29.8 Å². The van der Waals surface area contributed by atoms with Crippen molar-refractivity contribution in [2.24, 2.45) is 0 Å². The summed E-state index contributed by atoms with van der Waals surface area (Å²) in [4.78, 5) is 11.9. The highest BCUT2D eigenvalue weighted by Crippen LogP contribution is 2.08. The average molecular weight is 252 g/mol. The molecule has 0 bridgehead atoms. The first-order valence-electron chi connectivity index (χ1n) is 6.14. The van der Waals surface area contributed by atoms with Crippen molar-refractivity contribution >= 4 is 5.97 Å². The Morgan fingerprint density at radius 2 is 2.06 bits per heavy atom. The van der Waals surface area contributed by atoms with Gasteiger partial charge in [0.15, 0.2) is 0 Å². The zero-order valence-electron chi connectivity index (χ0n) is 11.1. The predicted molar refractivity (Wildman–Crippen MR) is 68.5 cm³/mol. The Bertz CT molecular complexity index is 376. The molecule has 1 aromatic carbocycles. The third kappa shape index (κ3) is 4.85. The van der Waals surface area contributed by atoms with E-state index in [1.807, 2.05) is 32.9 Å². The number of rotatable bonds is 7. The molecule has 0 radical (unpaired) electrons. The van der Waals surface area contributed by atoms with E-state index >= 15 is 0 Å². The number of carbonyl (C=O) groups excluding carboxylic acids is 1. The van der Waals surface area contributed by atoms with E-state index in [1.54, 1.807) is 12.1 Å². The fourth-order valence-electron chi connectivity index (χ4n) is 1.48. The molecule has 0 aliphatic rings. The van der Waals surface area contributed by atoms with Gasteiger partial charge in [-0.3, -0.25) is 0 Å². The molecule has 0 N–H and O–H groups in total. The Morgan fingerprint density at radius 3 is 2.67 bits per heavy atom. The zero-order valence-corrected chi connectivity index (χ0v) is 11.1. The van der Waals surface area contributed by atoms with Crippen molar-refractivity contribution in [1.82, 2.24) is 0 Å². The minimum Gasteiger partial charge on any atom is -0.430 e. The fourth-order valence-corrected chi connectivity index (χ4v) is 1.48. The SMILES string of the molecule is CCOCC(OCC)OC(=O)c1cccc(C)c1. The predicted octanol–water partition coefficient (Wildman–Crippen LogP) is 2.55. The molecule has 1 unspecified atom stereocenters. The molecule has 0 saturated carbocycles. The summed E-state index contributed by atoms with van der Waals surface area (Å²) in [5.41, 5.74) is 1.54. The van der Waals surface area contributed by atoms with Gasteiger partial charge >= 0.3 is 5.97 Å². The quantitative estimate of drug-likeness (QED) is 0.552. The third-order valence-electron chi connectivity index (χ3n) is 2.30. The zero-order chi connectivity index (χ0) is 13.4. The summed E-state index contributed by atoms with van der Waals surface area (Å²) in [5.74, 6) is -0.392. The van der Waals surface area contributed by atoms with Crippen LogP contribution in [0.15, 0.2) is 24.3 Å². The first-order valence-corrected chi connectivity index (χ1v) is 6.14. The Balaban J connectivity index is 2.59. The molecule has 0 fully saturated rings. The van der Waals surface area contributed by atoms with E-state index in [0.29, 0.717) is 18.8 Å². The van der Waals surface area contributed by atoms with Crippen LogP contribution in [0.2, 0.25) is 0 Å². The van der Waals surface area contributed by atoms with E-state index in [-0.39, 0.29) is 6.61 Å². The minimum absolute atomic E-state index is 0.252. The maximum atomic E-state index is 11.9. The molecule has 0 saturated heterocycles. The van der Waals surface area contributed by atoms with E-state index in [4.69, 9.17) is 14.2 Å². The van der Waals surface area contributed by atoms with Crippen molar-refractivity contribution in [3.63, 3.8) is 0 Å². The number of esters is 1. The molecular weight excluding hydrogens is 232 g/mol. The van der Waals surface area contributed by atoms with Crippen molar-refractivity contribution < 1.29 is 19.0 Å². The maximum Gasteiger partial charge on any atom is 0.340 e. The van der Waals surface area contributed by atoms with Crippen LogP contribution in [0, 0.1) is 6.92 Å². The van der Waals surface area contributed by atoms with Gasteiger partial charge in [0.1, 0.15) is 6.61 Å². The summed E-state index contributed by atoms with van der Waals surface area (Å²) in [6.07, 6.45) is -0.650. The van der Waals surface area contributed by atoms with Gasteiger partial charge < -0.3 is 14.2 Å². The van der Waals surface area contributed by atoms with Gasteiger partial charge in [0.25, 0.3) is 0 Å². The third-order valence-corrected chi connectivity index (χ3v) is 2.30. The van der Waals surface area contributed by atoms with Crippen molar-refractivity contribution in [2.75, 3.05) is 19.8 Å². The van der Waals surface area contributed by atoms with Crippen molar-refractivity contribution in [3.05, 3.63) is 35.4 Å². The van der Waals surface area contributed by atoms with E-state index in [1.165, 1.54) is 0 Å². The fraction of sp³-hybridized carbons (Fsp3) is 0.500. The summed E-state index contributed by atoms with van der Waals surface area (Å²) >= 11 is 0. The van der Waals surface area contributed by atoms with Gasteiger partial charge in [-0.15, -0.1) is 0 Å². The first-order chi connectivity index (χ1) is 8.67. The number of hydrogen-bond donors (Lipinski definition) is 0. The summed E-state index contributed by atoms with van der Waals surface area (Å²) in [6, 6.07) is 7.26. The highest BCUT2D eigenvalue weighted by molar-refractivity contribution is 5.89. The van der Waals surface area contributed by atoms with Crippen LogP contribution >= 0.6 is 0 Å². The summed E-state index contributed by atoms with van der Waals surface area (Å²) in [5, 5.41) is 0. The van der Waals surface area contributed by atoms with Crippen LogP contribution in [0.5, 0.6) is 0 Å². The van der Waals surface area contributed by atoms with Crippen LogP contribution in [0.4, 0.5) is 0 Å². The summed E-state index contributed by atoms with van der Waals surface area (Å²) in [7, 11) is 0. The highest BCUT2D eigenvalue weighted by atomic mass is 16.7. The van der Waals surface area contributed by atoms with Crippen LogP contribution < -0.4 is 0 Å². The molecule has 0 spiro atoms.